The topological polar surface area (TPSA) is 158 Å². The van der Waals surface area contributed by atoms with Crippen LogP contribution in [0.5, 0.6) is 34.5 Å². The summed E-state index contributed by atoms with van der Waals surface area (Å²) in [4.78, 5) is 0. The van der Waals surface area contributed by atoms with Gasteiger partial charge in [0.05, 0.1) is 38.6 Å². The molecule has 0 aliphatic carbocycles. The van der Waals surface area contributed by atoms with E-state index in [4.69, 9.17) is 26.8 Å². The fourth-order valence-electron chi connectivity index (χ4n) is 4.74. The minimum Gasteiger partial charge on any atom is -0.496 e. The summed E-state index contributed by atoms with van der Waals surface area (Å²) in [6.45, 7) is 4.03. The molecule has 252 valence electrons. The van der Waals surface area contributed by atoms with Gasteiger partial charge in [0.25, 0.3) is 0 Å². The Bertz CT molecular complexity index is 2120. The van der Waals surface area contributed by atoms with E-state index in [2.05, 4.69) is 0 Å². The van der Waals surface area contributed by atoms with Gasteiger partial charge in [-0.05, 0) is 66.4 Å². The number of benzene rings is 4. The molecule has 4 aromatic rings. The highest BCUT2D eigenvalue weighted by Gasteiger charge is 2.27. The maximum atomic E-state index is 12.5. The number of aryl methyl sites for hydroxylation is 2. The van der Waals surface area contributed by atoms with Gasteiger partial charge >= 0.3 is 30.4 Å². The molecule has 4 rings (SSSR count). The van der Waals surface area contributed by atoms with Crippen LogP contribution in [0, 0.1) is 13.8 Å². The van der Waals surface area contributed by atoms with E-state index in [0.29, 0.717) is 11.1 Å². The van der Waals surface area contributed by atoms with Crippen LogP contribution in [0.4, 0.5) is 0 Å². The minimum absolute atomic E-state index is 0.0104. The zero-order valence-electron chi connectivity index (χ0n) is 26.7. The van der Waals surface area contributed by atoms with Crippen molar-refractivity contribution >= 4 is 30.4 Å². The molecule has 0 unspecified atom stereocenters. The van der Waals surface area contributed by atoms with E-state index in [-0.39, 0.29) is 52.2 Å². The average molecular weight is 707 g/mol. The largest absolute Gasteiger partial charge is 0.496 e. The van der Waals surface area contributed by atoms with Crippen molar-refractivity contribution in [2.45, 2.75) is 20.5 Å². The van der Waals surface area contributed by atoms with Crippen LogP contribution >= 0.6 is 0 Å². The molecule has 0 fully saturated rings. The first-order chi connectivity index (χ1) is 21.9. The lowest BCUT2D eigenvalue weighted by Crippen LogP contribution is -2.10. The SMILES string of the molecule is COc1cc(-c2ccc(OS(C)(=O)=O)cc2)c(OC)c(OS(C)(=O)=O)c1-c1ccc(OCc2ccc(C)cc2C)c(OS(C)(=O)=O)c1. The van der Waals surface area contributed by atoms with Gasteiger partial charge in [0.2, 0.25) is 0 Å². The van der Waals surface area contributed by atoms with Crippen LogP contribution in [0.2, 0.25) is 0 Å². The molecular weight excluding hydrogens is 673 g/mol. The quantitative estimate of drug-likeness (QED) is 0.167. The molecule has 0 heterocycles. The van der Waals surface area contributed by atoms with Crippen LogP contribution in [-0.2, 0) is 37.0 Å². The van der Waals surface area contributed by atoms with Crippen molar-refractivity contribution < 1.29 is 52.0 Å². The summed E-state index contributed by atoms with van der Waals surface area (Å²) in [7, 11) is -9.29. The van der Waals surface area contributed by atoms with Gasteiger partial charge in [0.1, 0.15) is 18.1 Å². The Morgan fingerprint density at radius 1 is 0.574 bits per heavy atom. The van der Waals surface area contributed by atoms with Gasteiger partial charge < -0.3 is 26.8 Å². The van der Waals surface area contributed by atoms with Crippen LogP contribution in [0.3, 0.4) is 0 Å². The highest BCUT2D eigenvalue weighted by atomic mass is 32.2. The molecule has 15 heteroatoms. The number of methoxy groups -OCH3 is 2. The molecule has 0 saturated carbocycles. The molecule has 0 N–H and O–H groups in total. The second-order valence-electron chi connectivity index (χ2n) is 10.6. The van der Waals surface area contributed by atoms with Crippen molar-refractivity contribution in [2.75, 3.05) is 33.0 Å². The Morgan fingerprint density at radius 3 is 1.74 bits per heavy atom. The maximum absolute atomic E-state index is 12.5. The smallest absolute Gasteiger partial charge is 0.306 e. The summed E-state index contributed by atoms with van der Waals surface area (Å²) in [5, 5.41) is 0. The summed E-state index contributed by atoms with van der Waals surface area (Å²) in [6.07, 6.45) is 2.66. The van der Waals surface area contributed by atoms with Gasteiger partial charge in [-0.25, -0.2) is 0 Å². The van der Waals surface area contributed by atoms with Gasteiger partial charge in [0, 0.05) is 5.56 Å². The van der Waals surface area contributed by atoms with E-state index < -0.39 is 30.4 Å². The number of ether oxygens (including phenoxy) is 3. The van der Waals surface area contributed by atoms with E-state index in [9.17, 15) is 25.3 Å². The predicted octanol–water partition coefficient (Wildman–Crippen LogP) is 5.25. The minimum atomic E-state index is -4.16. The molecule has 0 aliphatic rings. The van der Waals surface area contributed by atoms with Crippen LogP contribution in [0.1, 0.15) is 16.7 Å². The van der Waals surface area contributed by atoms with Crippen LogP contribution in [-0.4, -0.2) is 58.2 Å². The number of hydrogen-bond donors (Lipinski definition) is 0. The molecule has 0 amide bonds. The Kier molecular flexibility index (Phi) is 10.3. The highest BCUT2D eigenvalue weighted by Crippen LogP contribution is 2.52. The summed E-state index contributed by atoms with van der Waals surface area (Å²) in [5.41, 5.74) is 4.11. The van der Waals surface area contributed by atoms with Gasteiger partial charge in [0.15, 0.2) is 23.0 Å². The third kappa shape index (κ3) is 9.30. The van der Waals surface area contributed by atoms with E-state index >= 15 is 0 Å². The van der Waals surface area contributed by atoms with Crippen molar-refractivity contribution in [3.8, 4) is 56.8 Å². The van der Waals surface area contributed by atoms with Crippen molar-refractivity contribution in [2.24, 2.45) is 0 Å². The third-order valence-electron chi connectivity index (χ3n) is 6.63. The Hall–Kier alpha value is -4.47. The fraction of sp³-hybridized carbons (Fsp3) is 0.250. The highest BCUT2D eigenvalue weighted by molar-refractivity contribution is 7.86. The molecule has 0 bridgehead atoms. The Balaban J connectivity index is 1.90. The summed E-state index contributed by atoms with van der Waals surface area (Å²) in [5.74, 6) is -0.121. The lowest BCUT2D eigenvalue weighted by molar-refractivity contribution is 0.295. The van der Waals surface area contributed by atoms with Crippen molar-refractivity contribution in [1.29, 1.82) is 0 Å². The fourth-order valence-corrected chi connectivity index (χ4v) is 6.12. The van der Waals surface area contributed by atoms with Gasteiger partial charge in [-0.3, -0.25) is 0 Å². The Labute approximate surface area is 275 Å². The van der Waals surface area contributed by atoms with E-state index in [0.717, 1.165) is 35.5 Å². The second kappa shape index (κ2) is 13.7. The molecule has 47 heavy (non-hydrogen) atoms. The summed E-state index contributed by atoms with van der Waals surface area (Å²) in [6, 6.07) is 17.8. The number of hydrogen-bond acceptors (Lipinski definition) is 12. The summed E-state index contributed by atoms with van der Waals surface area (Å²) < 4.78 is 106. The Morgan fingerprint density at radius 2 is 1.19 bits per heavy atom. The first-order valence-electron chi connectivity index (χ1n) is 13.8. The van der Waals surface area contributed by atoms with Crippen molar-refractivity contribution in [3.63, 3.8) is 0 Å². The predicted molar refractivity (Wildman–Crippen MR) is 177 cm³/mol. The standard InChI is InChI=1S/C32H34O12S3/c1-20-8-9-24(21(2)16-20)19-41-27-15-12-23(17-28(27)43-46(6,35)36)30-29(39-3)18-26(31(40-4)32(30)44-47(7,37)38)22-10-13-25(14-11-22)42-45(5,33)34/h8-18H,19H2,1-7H3. The van der Waals surface area contributed by atoms with Gasteiger partial charge in [-0.2, -0.15) is 25.3 Å². The van der Waals surface area contributed by atoms with E-state index in [1.54, 1.807) is 24.3 Å². The first-order valence-corrected chi connectivity index (χ1v) is 19.2. The van der Waals surface area contributed by atoms with Crippen molar-refractivity contribution in [1.82, 2.24) is 0 Å². The molecule has 0 aliphatic heterocycles. The van der Waals surface area contributed by atoms with E-state index in [1.807, 2.05) is 32.0 Å². The molecule has 0 atom stereocenters. The van der Waals surface area contributed by atoms with Crippen LogP contribution in [0.25, 0.3) is 22.3 Å². The molecule has 12 nitrogen and oxygen atoms in total. The lowest BCUT2D eigenvalue weighted by Gasteiger charge is -2.21. The third-order valence-corrected chi connectivity index (χ3v) is 8.07. The molecule has 0 saturated heterocycles. The monoisotopic (exact) mass is 706 g/mol. The lowest BCUT2D eigenvalue weighted by atomic mass is 9.96. The summed E-state index contributed by atoms with van der Waals surface area (Å²) >= 11 is 0. The second-order valence-corrected chi connectivity index (χ2v) is 15.4. The maximum Gasteiger partial charge on any atom is 0.306 e. The zero-order chi connectivity index (χ0) is 34.7. The van der Waals surface area contributed by atoms with Gasteiger partial charge in [-0.1, -0.05) is 42.0 Å². The molecule has 0 radical (unpaired) electrons. The zero-order valence-corrected chi connectivity index (χ0v) is 29.1. The number of rotatable bonds is 13. The van der Waals surface area contributed by atoms with Crippen LogP contribution < -0.4 is 26.8 Å². The molecule has 4 aromatic carbocycles. The average Bonchev–Trinajstić information content (AvgIpc) is 2.94. The first kappa shape index (κ1) is 35.4. The molecule has 0 aromatic heterocycles. The molecular formula is C32H34O12S3. The normalized spacial score (nSPS) is 11.9. The van der Waals surface area contributed by atoms with Crippen LogP contribution in [0.15, 0.2) is 66.7 Å². The van der Waals surface area contributed by atoms with Crippen molar-refractivity contribution in [3.05, 3.63) is 83.4 Å². The van der Waals surface area contributed by atoms with Gasteiger partial charge in [-0.15, -0.1) is 0 Å². The van der Waals surface area contributed by atoms with E-state index in [1.165, 1.54) is 38.5 Å². The molecule has 0 spiro atoms.